The summed E-state index contributed by atoms with van der Waals surface area (Å²) in [6, 6.07) is 9.44. The van der Waals surface area contributed by atoms with Gasteiger partial charge in [0.1, 0.15) is 0 Å². The van der Waals surface area contributed by atoms with Gasteiger partial charge in [0.05, 0.1) is 0 Å². The van der Waals surface area contributed by atoms with Crippen LogP contribution in [-0.2, 0) is 23.2 Å². The Morgan fingerprint density at radius 1 is 0.850 bits per heavy atom. The first-order chi connectivity index (χ1) is 9.66. The standard InChI is InChI=1S/C6H5Cl.2C6H7.Zr/c7-6-4-2-1-3-5-6;2*1-6-4-2-3-5-6;/h1-5H;2*2,4H,3H2,1H3;. The molecule has 0 radical (unpaired) electrons. The fourth-order valence-corrected chi connectivity index (χ4v) is 5.63. The van der Waals surface area contributed by atoms with Crippen LogP contribution in [-0.4, -0.2) is 0 Å². The van der Waals surface area contributed by atoms with Gasteiger partial charge in [-0.2, -0.15) is 0 Å². The SMILES string of the molecule is CC1=[C]([Zr][C]2=C(C)C=CC2)CC=C1.Clc1ccccc1. The van der Waals surface area contributed by atoms with Crippen LogP contribution >= 0.6 is 11.6 Å². The second kappa shape index (κ2) is 7.96. The molecule has 0 amide bonds. The van der Waals surface area contributed by atoms with Gasteiger partial charge in [-0.3, -0.25) is 0 Å². The normalized spacial score (nSPS) is 16.6. The molecule has 102 valence electrons. The van der Waals surface area contributed by atoms with Crippen molar-refractivity contribution in [3.63, 3.8) is 0 Å². The number of rotatable bonds is 2. The van der Waals surface area contributed by atoms with Crippen molar-refractivity contribution >= 4 is 11.6 Å². The second-order valence-electron chi connectivity index (χ2n) is 4.96. The summed E-state index contributed by atoms with van der Waals surface area (Å²) < 4.78 is 3.56. The van der Waals surface area contributed by atoms with Gasteiger partial charge in [0.25, 0.3) is 0 Å². The van der Waals surface area contributed by atoms with Crippen LogP contribution in [0.25, 0.3) is 0 Å². The predicted octanol–water partition coefficient (Wildman–Crippen LogP) is 5.88. The minimum Gasteiger partial charge on any atom is -0.0843 e. The summed E-state index contributed by atoms with van der Waals surface area (Å²) in [6.45, 7) is 4.52. The van der Waals surface area contributed by atoms with Gasteiger partial charge < -0.3 is 0 Å². The van der Waals surface area contributed by atoms with Gasteiger partial charge in [-0.05, 0) is 12.1 Å². The molecule has 2 aliphatic carbocycles. The van der Waals surface area contributed by atoms with Crippen LogP contribution < -0.4 is 0 Å². The maximum atomic E-state index is 5.54. The van der Waals surface area contributed by atoms with Crippen molar-refractivity contribution in [1.82, 2.24) is 0 Å². The first kappa shape index (κ1) is 15.7. The Kier molecular flexibility index (Phi) is 6.26. The molecule has 0 saturated carbocycles. The average molecular weight is 362 g/mol. The van der Waals surface area contributed by atoms with E-state index in [9.17, 15) is 0 Å². The fraction of sp³-hybridized carbons (Fsp3) is 0.222. The molecule has 0 aliphatic heterocycles. The average Bonchev–Trinajstić information content (AvgIpc) is 3.02. The van der Waals surface area contributed by atoms with Gasteiger partial charge in [0, 0.05) is 5.02 Å². The third kappa shape index (κ3) is 4.72. The summed E-state index contributed by atoms with van der Waals surface area (Å²) in [5, 5.41) is 0.794. The van der Waals surface area contributed by atoms with Crippen molar-refractivity contribution in [2.45, 2.75) is 26.7 Å². The number of halogens is 1. The van der Waals surface area contributed by atoms with Gasteiger partial charge in [-0.1, -0.05) is 29.8 Å². The Labute approximate surface area is 138 Å². The Balaban J connectivity index is 0.000000178. The minimum absolute atomic E-state index is 0.385. The molecule has 1 aromatic rings. The number of benzene rings is 1. The van der Waals surface area contributed by atoms with Crippen molar-refractivity contribution in [1.29, 1.82) is 0 Å². The van der Waals surface area contributed by atoms with Crippen molar-refractivity contribution in [3.05, 3.63) is 77.4 Å². The topological polar surface area (TPSA) is 0 Å². The van der Waals surface area contributed by atoms with Gasteiger partial charge in [-0.25, -0.2) is 0 Å². The number of hydrogen-bond acceptors (Lipinski definition) is 0. The third-order valence-electron chi connectivity index (χ3n) is 3.37. The van der Waals surface area contributed by atoms with E-state index < -0.39 is 0 Å². The first-order valence-electron chi connectivity index (χ1n) is 6.87. The molecule has 2 aliphatic rings. The molecule has 0 bridgehead atoms. The molecule has 0 aromatic heterocycles. The van der Waals surface area contributed by atoms with Gasteiger partial charge >= 0.3 is 91.9 Å². The molecule has 2 heteroatoms. The molecular weight excluding hydrogens is 343 g/mol. The molecule has 0 atom stereocenters. The number of hydrogen-bond donors (Lipinski definition) is 0. The molecule has 0 spiro atoms. The molecule has 0 N–H and O–H groups in total. The van der Waals surface area contributed by atoms with Gasteiger partial charge in [0.2, 0.25) is 0 Å². The fourth-order valence-electron chi connectivity index (χ4n) is 2.13. The Morgan fingerprint density at radius 3 is 1.65 bits per heavy atom. The van der Waals surface area contributed by atoms with E-state index in [1.807, 2.05) is 30.3 Å². The van der Waals surface area contributed by atoms with Crippen LogP contribution in [0.3, 0.4) is 0 Å². The molecule has 0 heterocycles. The minimum atomic E-state index is -0.385. The Morgan fingerprint density at radius 2 is 1.35 bits per heavy atom. The Hall–Kier alpha value is -0.647. The van der Waals surface area contributed by atoms with Crippen LogP contribution in [0.1, 0.15) is 26.7 Å². The van der Waals surface area contributed by atoms with E-state index in [0.717, 1.165) is 5.02 Å². The van der Waals surface area contributed by atoms with Crippen LogP contribution in [0, 0.1) is 0 Å². The van der Waals surface area contributed by atoms with Crippen LogP contribution in [0.4, 0.5) is 0 Å². The summed E-state index contributed by atoms with van der Waals surface area (Å²) in [7, 11) is 0. The number of allylic oxidation sites excluding steroid dienone is 8. The molecule has 0 nitrogen and oxygen atoms in total. The third-order valence-corrected chi connectivity index (χ3v) is 8.04. The summed E-state index contributed by atoms with van der Waals surface area (Å²) >= 11 is 5.15. The maximum absolute atomic E-state index is 5.54. The van der Waals surface area contributed by atoms with Gasteiger partial charge in [-0.15, -0.1) is 0 Å². The molecule has 0 unspecified atom stereocenters. The smallest absolute Gasteiger partial charge is 0.0405 e. The van der Waals surface area contributed by atoms with E-state index in [-0.39, 0.29) is 23.2 Å². The van der Waals surface area contributed by atoms with E-state index in [2.05, 4.69) is 38.2 Å². The van der Waals surface area contributed by atoms with Crippen molar-refractivity contribution in [2.75, 3.05) is 0 Å². The summed E-state index contributed by atoms with van der Waals surface area (Å²) in [6.07, 6.45) is 11.7. The van der Waals surface area contributed by atoms with Crippen molar-refractivity contribution < 1.29 is 23.2 Å². The summed E-state index contributed by atoms with van der Waals surface area (Å²) in [5.41, 5.74) is 3.11. The molecule has 1 aromatic carbocycles. The molecule has 3 rings (SSSR count). The van der Waals surface area contributed by atoms with E-state index >= 15 is 0 Å². The van der Waals surface area contributed by atoms with Crippen LogP contribution in [0.15, 0.2) is 72.3 Å². The largest absolute Gasteiger partial charge is 0.0843 e. The summed E-state index contributed by atoms with van der Waals surface area (Å²) in [4.78, 5) is 0. The monoisotopic (exact) mass is 360 g/mol. The van der Waals surface area contributed by atoms with Crippen LogP contribution in [0.5, 0.6) is 0 Å². The first-order valence-corrected chi connectivity index (χ1v) is 9.70. The van der Waals surface area contributed by atoms with Crippen LogP contribution in [0.2, 0.25) is 5.02 Å². The van der Waals surface area contributed by atoms with E-state index in [1.165, 1.54) is 12.8 Å². The second-order valence-corrected chi connectivity index (χ2v) is 8.97. The van der Waals surface area contributed by atoms with E-state index in [1.54, 1.807) is 17.7 Å². The molecule has 0 fully saturated rings. The van der Waals surface area contributed by atoms with E-state index in [0.29, 0.717) is 0 Å². The zero-order valence-corrected chi connectivity index (χ0v) is 15.2. The van der Waals surface area contributed by atoms with E-state index in [4.69, 9.17) is 11.6 Å². The molecule has 0 saturated heterocycles. The Bertz CT molecular complexity index is 543. The zero-order chi connectivity index (χ0) is 14.4. The van der Waals surface area contributed by atoms with Gasteiger partial charge in [0.15, 0.2) is 0 Å². The maximum Gasteiger partial charge on any atom is 0.0405 e. The summed E-state index contributed by atoms with van der Waals surface area (Å²) in [5.74, 6) is 0. The predicted molar refractivity (Wildman–Crippen MR) is 84.4 cm³/mol. The quantitative estimate of drug-likeness (QED) is 0.617. The molecule has 20 heavy (non-hydrogen) atoms. The van der Waals surface area contributed by atoms with Crippen molar-refractivity contribution in [3.8, 4) is 0 Å². The zero-order valence-electron chi connectivity index (χ0n) is 12.0. The molecular formula is C18H19ClZr. The van der Waals surface area contributed by atoms with Crippen molar-refractivity contribution in [2.24, 2.45) is 0 Å².